The Hall–Kier alpha value is -2.35. The number of hydrogen-bond acceptors (Lipinski definition) is 4. The third kappa shape index (κ3) is 41.9. The fourth-order valence-corrected chi connectivity index (χ4v) is 9.60. The summed E-state index contributed by atoms with van der Waals surface area (Å²) in [6.45, 7) is 4.13. The van der Waals surface area contributed by atoms with E-state index in [1.54, 1.807) is 0 Å². The Morgan fingerprint density at radius 3 is 0.928 bits per heavy atom. The quantitative estimate of drug-likeness (QED) is 0.0308. The smallest absolute Gasteiger partial charge is 0.273 e. The van der Waals surface area contributed by atoms with Crippen LogP contribution >= 0.6 is 0 Å². The predicted molar refractivity (Wildman–Crippen MR) is 275 cm³/mol. The van der Waals surface area contributed by atoms with Crippen molar-refractivity contribution >= 4 is 20.0 Å². The number of benzene rings is 2. The van der Waals surface area contributed by atoms with E-state index in [1.807, 2.05) is 36.4 Å². The third-order valence-electron chi connectivity index (χ3n) is 11.6. The van der Waals surface area contributed by atoms with Gasteiger partial charge in [0, 0.05) is 23.3 Å². The first-order chi connectivity index (χ1) is 32.9. The average Bonchev–Trinajstić information content (AvgIpc) is 4.11. The number of nitrogens with one attached hydrogen (secondary N) is 2. The van der Waals surface area contributed by atoms with Crippen LogP contribution in [0.4, 0.5) is 17.6 Å². The monoisotopic (exact) mass is 1040 g/mol. The Labute approximate surface area is 433 Å². The van der Waals surface area contributed by atoms with Crippen LogP contribution in [-0.2, 0) is 54.9 Å². The normalized spacial score (nSPS) is 12.5. The number of hydrogen-bond donors (Lipinski definition) is 2. The van der Waals surface area contributed by atoms with Crippen molar-refractivity contribution < 1.29 is 56.1 Å². The Kier molecular flexibility index (Phi) is 44.0. The van der Waals surface area contributed by atoms with E-state index >= 15 is 0 Å². The zero-order valence-corrected chi connectivity index (χ0v) is 45.5. The van der Waals surface area contributed by atoms with Crippen molar-refractivity contribution in [3.05, 3.63) is 119 Å². The SMILES string of the molecule is CCCCCCCCCCCCCCCCS(=O)(=O)NCc1ccc(F)[c-]c1F.CCCCCCCCCCCCCCCCS(=O)(=O)NCc1ccc(F)[c-]c1F.[C-]1=CC=CC1.[C-]1=CC=CC1.[Ti+4]. The van der Waals surface area contributed by atoms with E-state index < -0.39 is 43.3 Å². The molecule has 0 heterocycles. The zero-order valence-electron chi connectivity index (χ0n) is 42.3. The maximum atomic E-state index is 13.5. The molecular weight excluding hydrogens is 953 g/mol. The molecule has 2 aromatic rings. The molecule has 0 aliphatic heterocycles. The van der Waals surface area contributed by atoms with E-state index in [1.165, 1.54) is 141 Å². The van der Waals surface area contributed by atoms with Gasteiger partial charge in [0.1, 0.15) is 0 Å². The molecule has 388 valence electrons. The zero-order chi connectivity index (χ0) is 49.8. The summed E-state index contributed by atoms with van der Waals surface area (Å²) in [6, 6.07) is 8.41. The maximum Gasteiger partial charge on any atom is 4.00 e. The van der Waals surface area contributed by atoms with Gasteiger partial charge in [-0.2, -0.15) is 24.3 Å². The van der Waals surface area contributed by atoms with Crippen LogP contribution < -0.4 is 9.44 Å². The van der Waals surface area contributed by atoms with Crippen molar-refractivity contribution in [3.8, 4) is 0 Å². The third-order valence-corrected chi connectivity index (χ3v) is 14.4. The molecule has 6 nitrogen and oxygen atoms in total. The fourth-order valence-electron chi connectivity index (χ4n) is 7.39. The molecule has 2 aliphatic carbocycles. The van der Waals surface area contributed by atoms with Crippen LogP contribution in [-0.4, -0.2) is 28.3 Å². The van der Waals surface area contributed by atoms with E-state index in [-0.39, 0.29) is 57.4 Å². The molecule has 13 heteroatoms. The predicted octanol–water partition coefficient (Wildman–Crippen LogP) is 15.9. The summed E-state index contributed by atoms with van der Waals surface area (Å²) in [7, 11) is -6.89. The number of rotatable bonds is 36. The summed E-state index contributed by atoms with van der Waals surface area (Å²) >= 11 is 0. The van der Waals surface area contributed by atoms with Gasteiger partial charge in [-0.15, -0.1) is 48.2 Å². The minimum atomic E-state index is -3.45. The van der Waals surface area contributed by atoms with Crippen LogP contribution in [0.5, 0.6) is 0 Å². The van der Waals surface area contributed by atoms with Crippen molar-refractivity contribution in [3.63, 3.8) is 0 Å². The molecule has 4 rings (SSSR count). The minimum absolute atomic E-state index is 0. The van der Waals surface area contributed by atoms with E-state index in [2.05, 4.69) is 47.6 Å². The van der Waals surface area contributed by atoms with Gasteiger partial charge in [-0.1, -0.05) is 181 Å². The molecule has 0 spiro atoms. The second kappa shape index (κ2) is 45.5. The van der Waals surface area contributed by atoms with Crippen LogP contribution in [0, 0.1) is 47.6 Å². The molecule has 69 heavy (non-hydrogen) atoms. The van der Waals surface area contributed by atoms with Crippen LogP contribution in [0.2, 0.25) is 0 Å². The molecule has 2 aliphatic rings. The number of sulfonamides is 2. The van der Waals surface area contributed by atoms with Crippen molar-refractivity contribution in [2.45, 2.75) is 220 Å². The molecule has 0 radical (unpaired) electrons. The first-order valence-electron chi connectivity index (χ1n) is 26.0. The molecule has 0 saturated carbocycles. The van der Waals surface area contributed by atoms with Crippen molar-refractivity contribution in [1.82, 2.24) is 9.44 Å². The molecular formula is C56H86F4N2O4S2Ti. The van der Waals surface area contributed by atoms with Gasteiger partial charge in [0.2, 0.25) is 20.0 Å². The van der Waals surface area contributed by atoms with E-state index in [4.69, 9.17) is 0 Å². The van der Waals surface area contributed by atoms with Gasteiger partial charge in [-0.05, 0) is 25.9 Å². The molecule has 0 bridgehead atoms. The summed E-state index contributed by atoms with van der Waals surface area (Å²) in [5.74, 6) is -3.23. The van der Waals surface area contributed by atoms with E-state index in [0.717, 1.165) is 63.5 Å². The molecule has 0 amide bonds. The Bertz CT molecular complexity index is 1740. The first-order valence-corrected chi connectivity index (χ1v) is 29.3. The summed E-state index contributed by atoms with van der Waals surface area (Å²) in [5.41, 5.74) is 0.187. The Morgan fingerprint density at radius 1 is 0.435 bits per heavy atom. The van der Waals surface area contributed by atoms with E-state index in [0.29, 0.717) is 12.8 Å². The number of allylic oxidation sites excluding steroid dienone is 8. The minimum Gasteiger partial charge on any atom is -0.273 e. The summed E-state index contributed by atoms with van der Waals surface area (Å²) in [6.07, 6.45) is 54.0. The number of halogens is 4. The first kappa shape index (κ1) is 66.7. The van der Waals surface area contributed by atoms with Gasteiger partial charge >= 0.3 is 21.7 Å². The average molecular weight is 1040 g/mol. The van der Waals surface area contributed by atoms with Crippen LogP contribution in [0.15, 0.2) is 60.7 Å². The molecule has 0 fully saturated rings. The fraction of sp³-hybridized carbons (Fsp3) is 0.643. The van der Waals surface area contributed by atoms with Gasteiger partial charge in [0.25, 0.3) is 0 Å². The van der Waals surface area contributed by atoms with Crippen molar-refractivity contribution in [2.75, 3.05) is 11.5 Å². The van der Waals surface area contributed by atoms with Crippen LogP contribution in [0.3, 0.4) is 0 Å². The van der Waals surface area contributed by atoms with Gasteiger partial charge < -0.3 is 0 Å². The van der Waals surface area contributed by atoms with E-state index in [9.17, 15) is 34.4 Å². The molecule has 2 N–H and O–H groups in total. The van der Waals surface area contributed by atoms with Gasteiger partial charge in [-0.3, -0.25) is 12.2 Å². The molecule has 2 aromatic carbocycles. The topological polar surface area (TPSA) is 92.3 Å². The number of unbranched alkanes of at least 4 members (excludes halogenated alkanes) is 26. The molecule has 0 aromatic heterocycles. The standard InChI is InChI=1S/2C23H38F2NO2S.2C5H5.Ti/c2*1-2-3-4-5-6-7-8-9-10-11-12-13-14-15-18-29(27,28)26-20-21-16-17-22(24)19-23(21)25;2*1-2-4-5-3-1;/h2*16-17,26H,2-15,18,20H2,1H3;2*1-3H,4H2;/q4*-1;+4. The second-order valence-corrected chi connectivity index (χ2v) is 21.6. The van der Waals surface area contributed by atoms with Gasteiger partial charge in [0.05, 0.1) is 11.5 Å². The van der Waals surface area contributed by atoms with Crippen molar-refractivity contribution in [2.24, 2.45) is 0 Å². The second-order valence-electron chi connectivity index (χ2n) is 17.8. The summed E-state index contributed by atoms with van der Waals surface area (Å²) in [5, 5.41) is 0. The van der Waals surface area contributed by atoms with Crippen LogP contribution in [0.1, 0.15) is 218 Å². The summed E-state index contributed by atoms with van der Waals surface area (Å²) < 4.78 is 105. The van der Waals surface area contributed by atoms with Gasteiger partial charge in [-0.25, -0.2) is 68.1 Å². The van der Waals surface area contributed by atoms with Gasteiger partial charge in [0.15, 0.2) is 0 Å². The van der Waals surface area contributed by atoms with Crippen molar-refractivity contribution in [1.29, 1.82) is 0 Å². The molecule has 0 saturated heterocycles. The Morgan fingerprint density at radius 2 is 0.710 bits per heavy atom. The molecule has 0 unspecified atom stereocenters. The largest absolute Gasteiger partial charge is 4.00 e. The molecule has 0 atom stereocenters. The van der Waals surface area contributed by atoms with Crippen LogP contribution in [0.25, 0.3) is 0 Å². The Balaban J connectivity index is 0.00000109. The summed E-state index contributed by atoms with van der Waals surface area (Å²) in [4.78, 5) is 0. The maximum absolute atomic E-state index is 13.5.